The molecule has 8 nitrogen and oxygen atoms in total. The number of hydrogen-bond donors (Lipinski definition) is 2. The van der Waals surface area contributed by atoms with E-state index in [1.165, 1.54) is 0 Å². The van der Waals surface area contributed by atoms with Crippen LogP contribution in [0.4, 0.5) is 0 Å². The van der Waals surface area contributed by atoms with Crippen LogP contribution in [0.3, 0.4) is 0 Å². The molecule has 0 saturated heterocycles. The van der Waals surface area contributed by atoms with E-state index in [1.807, 2.05) is 26.0 Å². The topological polar surface area (TPSA) is 121 Å². The fourth-order valence-corrected chi connectivity index (χ4v) is 3.92. The number of aromatic carboxylic acids is 1. The Morgan fingerprint density at radius 3 is 2.80 bits per heavy atom. The lowest BCUT2D eigenvalue weighted by Gasteiger charge is -2.13. The van der Waals surface area contributed by atoms with Crippen LogP contribution in [-0.2, 0) is 13.0 Å². The Balaban J connectivity index is 1.68. The molecule has 2 N–H and O–H groups in total. The largest absolute Gasteiger partial charge is 0.476 e. The molecule has 1 atom stereocenters. The maximum atomic E-state index is 12.6. The van der Waals surface area contributed by atoms with E-state index in [2.05, 4.69) is 15.4 Å². The minimum atomic E-state index is -1.14. The predicted octanol–water partition coefficient (Wildman–Crippen LogP) is 3.61. The zero-order valence-electron chi connectivity index (χ0n) is 16.2. The summed E-state index contributed by atoms with van der Waals surface area (Å²) in [6, 6.07) is 8.67. The molecule has 1 aromatic carbocycles. The van der Waals surface area contributed by atoms with Crippen LogP contribution in [0.25, 0.3) is 11.3 Å². The highest BCUT2D eigenvalue weighted by Crippen LogP contribution is 2.24. The summed E-state index contributed by atoms with van der Waals surface area (Å²) in [7, 11) is 0. The number of aryl methyl sites for hydroxylation is 1. The van der Waals surface area contributed by atoms with Crippen molar-refractivity contribution in [3.8, 4) is 17.3 Å². The summed E-state index contributed by atoms with van der Waals surface area (Å²) in [6.45, 7) is 4.08. The molecule has 0 aliphatic carbocycles. The predicted molar refractivity (Wildman–Crippen MR) is 113 cm³/mol. The maximum Gasteiger partial charge on any atom is 0.365 e. The van der Waals surface area contributed by atoms with Gasteiger partial charge in [0.25, 0.3) is 5.91 Å². The number of carboxylic acid groups (broad SMARTS) is 1. The summed E-state index contributed by atoms with van der Waals surface area (Å²) < 4.78 is 1.69. The van der Waals surface area contributed by atoms with Gasteiger partial charge >= 0.3 is 5.97 Å². The molecule has 0 radical (unpaired) electrons. The maximum absolute atomic E-state index is 12.6. The quantitative estimate of drug-likeness (QED) is 0.575. The number of aromatic nitrogens is 3. The van der Waals surface area contributed by atoms with E-state index < -0.39 is 11.9 Å². The Morgan fingerprint density at radius 2 is 2.17 bits per heavy atom. The van der Waals surface area contributed by atoms with E-state index in [4.69, 9.17) is 22.0 Å². The van der Waals surface area contributed by atoms with Crippen LogP contribution in [0.1, 0.15) is 44.6 Å². The zero-order chi connectivity index (χ0) is 21.8. The highest BCUT2D eigenvalue weighted by molar-refractivity contribution is 7.13. The highest BCUT2D eigenvalue weighted by Gasteiger charge is 2.21. The van der Waals surface area contributed by atoms with E-state index in [0.29, 0.717) is 34.1 Å². The molecule has 0 aliphatic heterocycles. The number of carbonyl (C=O) groups is 2. The Morgan fingerprint density at radius 1 is 1.40 bits per heavy atom. The van der Waals surface area contributed by atoms with Crippen molar-refractivity contribution >= 4 is 34.8 Å². The molecule has 1 amide bonds. The highest BCUT2D eigenvalue weighted by atomic mass is 35.5. The number of thiazole rings is 1. The van der Waals surface area contributed by atoms with Crippen molar-refractivity contribution in [2.75, 3.05) is 0 Å². The molecule has 0 bridgehead atoms. The van der Waals surface area contributed by atoms with Crippen molar-refractivity contribution in [3.05, 3.63) is 56.6 Å². The molecule has 3 aromatic rings. The van der Waals surface area contributed by atoms with Crippen LogP contribution in [0.15, 0.2) is 30.5 Å². The number of nitrogens with zero attached hydrogens (tertiary/aromatic N) is 4. The van der Waals surface area contributed by atoms with Crippen LogP contribution in [0.5, 0.6) is 0 Å². The summed E-state index contributed by atoms with van der Waals surface area (Å²) in [6.07, 6.45) is 2.31. The summed E-state index contributed by atoms with van der Waals surface area (Å²) in [5, 5.41) is 25.7. The third-order valence-electron chi connectivity index (χ3n) is 4.28. The minimum Gasteiger partial charge on any atom is -0.476 e. The summed E-state index contributed by atoms with van der Waals surface area (Å²) in [5.74, 6) is -1.55. The van der Waals surface area contributed by atoms with Gasteiger partial charge < -0.3 is 10.4 Å². The number of nitrogens with one attached hydrogen (secondary N) is 1. The molecule has 154 valence electrons. The normalized spacial score (nSPS) is 11.7. The lowest BCUT2D eigenvalue weighted by Crippen LogP contribution is -2.36. The first-order valence-corrected chi connectivity index (χ1v) is 10.3. The van der Waals surface area contributed by atoms with Gasteiger partial charge in [-0.05, 0) is 31.5 Å². The van der Waals surface area contributed by atoms with Crippen molar-refractivity contribution in [1.29, 1.82) is 5.26 Å². The molecule has 0 spiro atoms. The van der Waals surface area contributed by atoms with Crippen molar-refractivity contribution in [2.24, 2.45) is 0 Å². The van der Waals surface area contributed by atoms with Gasteiger partial charge in [0, 0.05) is 22.7 Å². The molecule has 10 heteroatoms. The van der Waals surface area contributed by atoms with Gasteiger partial charge in [0.05, 0.1) is 22.8 Å². The Labute approximate surface area is 181 Å². The molecular weight excluding hydrogens is 426 g/mol. The molecule has 2 aromatic heterocycles. The Kier molecular flexibility index (Phi) is 6.50. The van der Waals surface area contributed by atoms with Crippen LogP contribution in [0, 0.1) is 11.3 Å². The number of hydrogen-bond acceptors (Lipinski definition) is 6. The summed E-state index contributed by atoms with van der Waals surface area (Å²) in [4.78, 5) is 28.3. The second-order valence-electron chi connectivity index (χ2n) is 6.55. The smallest absolute Gasteiger partial charge is 0.365 e. The molecule has 0 saturated carbocycles. The van der Waals surface area contributed by atoms with Gasteiger partial charge in [-0.25, -0.2) is 9.78 Å². The summed E-state index contributed by atoms with van der Waals surface area (Å²) >= 11 is 7.10. The van der Waals surface area contributed by atoms with E-state index in [9.17, 15) is 9.59 Å². The van der Waals surface area contributed by atoms with Crippen LogP contribution < -0.4 is 5.32 Å². The zero-order valence-corrected chi connectivity index (χ0v) is 17.8. The second-order valence-corrected chi connectivity index (χ2v) is 8.04. The fourth-order valence-electron chi connectivity index (χ4n) is 2.86. The third-order valence-corrected chi connectivity index (χ3v) is 5.78. The third kappa shape index (κ3) is 4.67. The van der Waals surface area contributed by atoms with Gasteiger partial charge in [0.2, 0.25) is 5.01 Å². The first-order chi connectivity index (χ1) is 14.3. The number of halogens is 1. The van der Waals surface area contributed by atoms with Gasteiger partial charge in [-0.3, -0.25) is 9.48 Å². The van der Waals surface area contributed by atoms with E-state index in [-0.39, 0.29) is 16.7 Å². The first kappa shape index (κ1) is 21.5. The van der Waals surface area contributed by atoms with E-state index in [1.54, 1.807) is 29.1 Å². The SMILES string of the molecule is CCc1sc(C(=O)O)nc1C(=O)NC(C)Cn1ccc(-c2ccc(C#N)c(Cl)c2)n1. The molecule has 30 heavy (non-hydrogen) atoms. The lowest BCUT2D eigenvalue weighted by molar-refractivity contribution is 0.0696. The van der Waals surface area contributed by atoms with Crippen molar-refractivity contribution in [2.45, 2.75) is 32.9 Å². The van der Waals surface area contributed by atoms with Gasteiger partial charge in [-0.1, -0.05) is 24.6 Å². The minimum absolute atomic E-state index is 0.0950. The number of nitriles is 1. The monoisotopic (exact) mass is 443 g/mol. The van der Waals surface area contributed by atoms with Gasteiger partial charge in [-0.15, -0.1) is 11.3 Å². The second kappa shape index (κ2) is 9.07. The standard InChI is InChI=1S/C20H18ClN5O3S/c1-3-16-17(24-19(30-16)20(28)29)18(27)23-11(2)10-26-7-6-15(25-26)12-4-5-13(9-22)14(21)8-12/h4-8,11H,3,10H2,1-2H3,(H,23,27)(H,28,29). The van der Waals surface area contributed by atoms with Crippen LogP contribution in [-0.4, -0.2) is 37.8 Å². The van der Waals surface area contributed by atoms with Crippen molar-refractivity contribution in [3.63, 3.8) is 0 Å². The van der Waals surface area contributed by atoms with Crippen molar-refractivity contribution in [1.82, 2.24) is 20.1 Å². The number of carboxylic acids is 1. The van der Waals surface area contributed by atoms with Gasteiger partial charge in [0.1, 0.15) is 11.8 Å². The molecular formula is C20H18ClN5O3S. The van der Waals surface area contributed by atoms with Crippen molar-refractivity contribution < 1.29 is 14.7 Å². The number of carbonyl (C=O) groups excluding carboxylic acids is 1. The average molecular weight is 444 g/mol. The van der Waals surface area contributed by atoms with Crippen LogP contribution in [0.2, 0.25) is 5.02 Å². The number of amides is 1. The van der Waals surface area contributed by atoms with E-state index >= 15 is 0 Å². The summed E-state index contributed by atoms with van der Waals surface area (Å²) in [5.41, 5.74) is 2.03. The fraction of sp³-hybridized carbons (Fsp3) is 0.250. The molecule has 3 rings (SSSR count). The molecule has 0 fully saturated rings. The van der Waals surface area contributed by atoms with E-state index in [0.717, 1.165) is 16.9 Å². The number of benzene rings is 1. The molecule has 1 unspecified atom stereocenters. The number of rotatable bonds is 7. The van der Waals surface area contributed by atoms with Crippen LogP contribution >= 0.6 is 22.9 Å². The molecule has 0 aliphatic rings. The average Bonchev–Trinajstić information content (AvgIpc) is 3.34. The van der Waals surface area contributed by atoms with Gasteiger partial charge in [-0.2, -0.15) is 10.4 Å². The molecule has 2 heterocycles. The Bertz CT molecular complexity index is 1150. The van der Waals surface area contributed by atoms with Gasteiger partial charge in [0.15, 0.2) is 0 Å². The first-order valence-electron chi connectivity index (χ1n) is 9.09. The lowest BCUT2D eigenvalue weighted by atomic mass is 10.1. The Hall–Kier alpha value is -3.22.